The third-order valence-electron chi connectivity index (χ3n) is 3.16. The molecule has 0 aliphatic carbocycles. The van der Waals surface area contributed by atoms with Crippen molar-refractivity contribution in [3.05, 3.63) is 58.0 Å². The first kappa shape index (κ1) is 15.8. The van der Waals surface area contributed by atoms with E-state index in [-0.39, 0.29) is 17.9 Å². The molecular weight excluding hydrogens is 302 g/mol. The lowest BCUT2D eigenvalue weighted by atomic mass is 10.2. The van der Waals surface area contributed by atoms with Crippen molar-refractivity contribution in [2.75, 3.05) is 13.4 Å². The fourth-order valence-corrected chi connectivity index (χ4v) is 2.75. The average molecular weight is 317 g/mol. The average Bonchev–Trinajstić information content (AvgIpc) is 2.48. The van der Waals surface area contributed by atoms with Gasteiger partial charge in [-0.25, -0.2) is 8.99 Å². The van der Waals surface area contributed by atoms with E-state index < -0.39 is 15.3 Å². The fourth-order valence-electron chi connectivity index (χ4n) is 2.04. The number of pyridine rings is 1. The van der Waals surface area contributed by atoms with Crippen LogP contribution < -0.4 is 10.3 Å². The third kappa shape index (κ3) is 3.18. The van der Waals surface area contributed by atoms with E-state index in [1.54, 1.807) is 36.5 Å². The van der Waals surface area contributed by atoms with Crippen LogP contribution in [-0.4, -0.2) is 22.1 Å². The predicted octanol–water partition coefficient (Wildman–Crippen LogP) is 1.81. The second-order valence-electron chi connectivity index (χ2n) is 4.80. The van der Waals surface area contributed by atoms with E-state index >= 15 is 0 Å². The van der Waals surface area contributed by atoms with Crippen molar-refractivity contribution in [1.82, 2.24) is 4.57 Å². The van der Waals surface area contributed by atoms with Crippen LogP contribution in [0.4, 0.5) is 0 Å². The number of nitriles is 1. The first-order valence-electron chi connectivity index (χ1n) is 6.37. The minimum atomic E-state index is -2.81. The number of methoxy groups -OCH3 is 1. The zero-order valence-corrected chi connectivity index (χ0v) is 13.0. The van der Waals surface area contributed by atoms with E-state index in [0.29, 0.717) is 4.90 Å². The molecule has 0 saturated carbocycles. The molecule has 7 heteroatoms. The summed E-state index contributed by atoms with van der Waals surface area (Å²) in [5, 5.41) is 9.07. The van der Waals surface area contributed by atoms with Gasteiger partial charge in [0.15, 0.2) is 5.56 Å². The van der Waals surface area contributed by atoms with Crippen LogP contribution in [0.5, 0.6) is 5.75 Å². The van der Waals surface area contributed by atoms with Gasteiger partial charge >= 0.3 is 0 Å². The highest BCUT2D eigenvalue weighted by molar-refractivity contribution is 7.91. The molecule has 0 radical (unpaired) electrons. The number of nitrogens with one attached hydrogen (secondary N) is 1. The molecule has 0 bridgehead atoms. The highest BCUT2D eigenvalue weighted by Crippen LogP contribution is 2.15. The largest absolute Gasteiger partial charge is 0.495 e. The van der Waals surface area contributed by atoms with E-state index in [4.69, 9.17) is 14.8 Å². The lowest BCUT2D eigenvalue weighted by molar-refractivity contribution is 0.411. The summed E-state index contributed by atoms with van der Waals surface area (Å²) >= 11 is 0. The van der Waals surface area contributed by atoms with Crippen LogP contribution >= 0.6 is 0 Å². The van der Waals surface area contributed by atoms with Crippen LogP contribution in [0.3, 0.4) is 0 Å². The van der Waals surface area contributed by atoms with Crippen molar-refractivity contribution in [1.29, 1.82) is 10.0 Å². The molecular formula is C15H15N3O3S. The first-order chi connectivity index (χ1) is 10.4. The van der Waals surface area contributed by atoms with Crippen molar-refractivity contribution in [3.8, 4) is 11.8 Å². The second-order valence-corrected chi connectivity index (χ2v) is 6.95. The zero-order chi connectivity index (χ0) is 16.3. The monoisotopic (exact) mass is 317 g/mol. The van der Waals surface area contributed by atoms with E-state index in [1.165, 1.54) is 17.9 Å². The molecule has 2 rings (SSSR count). The van der Waals surface area contributed by atoms with E-state index in [0.717, 1.165) is 5.56 Å². The smallest absolute Gasteiger partial charge is 0.272 e. The molecule has 1 aromatic heterocycles. The molecule has 1 heterocycles. The van der Waals surface area contributed by atoms with Crippen molar-refractivity contribution in [2.24, 2.45) is 0 Å². The van der Waals surface area contributed by atoms with Gasteiger partial charge in [0.2, 0.25) is 0 Å². The summed E-state index contributed by atoms with van der Waals surface area (Å²) < 4.78 is 25.8. The van der Waals surface area contributed by atoms with Gasteiger partial charge in [-0.1, -0.05) is 12.1 Å². The molecule has 0 saturated heterocycles. The fraction of sp³-hybridized carbons (Fsp3) is 0.200. The number of hydrogen-bond acceptors (Lipinski definition) is 5. The first-order valence-corrected chi connectivity index (χ1v) is 8.33. The Labute approximate surface area is 128 Å². The molecule has 0 amide bonds. The summed E-state index contributed by atoms with van der Waals surface area (Å²) in [5.41, 5.74) is 0.228. The highest BCUT2D eigenvalue weighted by Gasteiger charge is 2.11. The van der Waals surface area contributed by atoms with Gasteiger partial charge in [0, 0.05) is 17.3 Å². The Morgan fingerprint density at radius 2 is 2.14 bits per heavy atom. The minimum absolute atomic E-state index is 0.0547. The number of ether oxygens (including phenoxy) is 1. The van der Waals surface area contributed by atoms with Gasteiger partial charge in [-0.15, -0.1) is 0 Å². The number of rotatable bonds is 4. The normalized spacial score (nSPS) is 13.1. The van der Waals surface area contributed by atoms with Crippen LogP contribution in [0.1, 0.15) is 11.1 Å². The molecule has 0 spiro atoms. The third-order valence-corrected chi connectivity index (χ3v) is 4.31. The van der Waals surface area contributed by atoms with Gasteiger partial charge < -0.3 is 9.30 Å². The Kier molecular flexibility index (Phi) is 4.33. The number of nitrogens with zero attached hydrogens (tertiary/aromatic N) is 2. The lowest BCUT2D eigenvalue weighted by Gasteiger charge is -2.10. The SMILES string of the molecule is COc1ccn(Cc2cccc(S(C)(=N)=O)c2)c(=O)c1C#N. The molecule has 114 valence electrons. The van der Waals surface area contributed by atoms with E-state index in [1.807, 2.05) is 6.07 Å². The Balaban J connectivity index is 2.45. The molecule has 2 aromatic rings. The lowest BCUT2D eigenvalue weighted by Crippen LogP contribution is -2.23. The van der Waals surface area contributed by atoms with Crippen molar-refractivity contribution >= 4 is 9.73 Å². The van der Waals surface area contributed by atoms with Gasteiger partial charge in [-0.2, -0.15) is 5.26 Å². The minimum Gasteiger partial charge on any atom is -0.495 e. The number of benzene rings is 1. The molecule has 1 N–H and O–H groups in total. The van der Waals surface area contributed by atoms with Gasteiger partial charge in [0.1, 0.15) is 11.8 Å². The van der Waals surface area contributed by atoms with E-state index in [2.05, 4.69) is 0 Å². The maximum absolute atomic E-state index is 12.2. The maximum Gasteiger partial charge on any atom is 0.272 e. The quantitative estimate of drug-likeness (QED) is 0.930. The Morgan fingerprint density at radius 3 is 2.73 bits per heavy atom. The summed E-state index contributed by atoms with van der Waals surface area (Å²) in [6, 6.07) is 10.1. The van der Waals surface area contributed by atoms with Gasteiger partial charge in [0.05, 0.1) is 23.4 Å². The molecule has 0 fully saturated rings. The number of aromatic nitrogens is 1. The van der Waals surface area contributed by atoms with Crippen molar-refractivity contribution in [3.63, 3.8) is 0 Å². The van der Waals surface area contributed by atoms with Gasteiger partial charge in [-0.3, -0.25) is 4.79 Å². The molecule has 1 aromatic carbocycles. The Hall–Kier alpha value is -2.59. The highest BCUT2D eigenvalue weighted by atomic mass is 32.2. The molecule has 22 heavy (non-hydrogen) atoms. The van der Waals surface area contributed by atoms with Crippen LogP contribution in [0.2, 0.25) is 0 Å². The molecule has 0 aliphatic heterocycles. The summed E-state index contributed by atoms with van der Waals surface area (Å²) in [6.45, 7) is 0.223. The molecule has 1 atom stereocenters. The molecule has 6 nitrogen and oxygen atoms in total. The van der Waals surface area contributed by atoms with Crippen molar-refractivity contribution < 1.29 is 8.95 Å². The summed E-state index contributed by atoms with van der Waals surface area (Å²) in [6.07, 6.45) is 2.89. The standard InChI is InChI=1S/C15H15N3O3S/c1-21-14-6-7-18(15(19)13(14)9-16)10-11-4-3-5-12(8-11)22(2,17)20/h3-8,17H,10H2,1-2H3. The maximum atomic E-state index is 12.2. The summed E-state index contributed by atoms with van der Waals surface area (Å²) in [4.78, 5) is 12.6. The van der Waals surface area contributed by atoms with Crippen LogP contribution in [0, 0.1) is 16.1 Å². The van der Waals surface area contributed by atoms with Crippen LogP contribution in [0.15, 0.2) is 46.2 Å². The number of hydrogen-bond donors (Lipinski definition) is 1. The summed E-state index contributed by atoms with van der Waals surface area (Å²) in [5.74, 6) is 0.236. The Bertz CT molecular complexity index is 908. The molecule has 0 aliphatic rings. The zero-order valence-electron chi connectivity index (χ0n) is 12.2. The second kappa shape index (κ2) is 6.03. The van der Waals surface area contributed by atoms with Crippen molar-refractivity contribution in [2.45, 2.75) is 11.4 Å². The summed E-state index contributed by atoms with van der Waals surface area (Å²) in [7, 11) is -1.41. The van der Waals surface area contributed by atoms with Crippen LogP contribution in [0.25, 0.3) is 0 Å². The van der Waals surface area contributed by atoms with Gasteiger partial charge in [-0.05, 0) is 23.8 Å². The topological polar surface area (TPSA) is 95.9 Å². The van der Waals surface area contributed by atoms with E-state index in [9.17, 15) is 9.00 Å². The van der Waals surface area contributed by atoms with Crippen LogP contribution in [-0.2, 0) is 16.3 Å². The Morgan fingerprint density at radius 1 is 1.41 bits per heavy atom. The van der Waals surface area contributed by atoms with Gasteiger partial charge in [0.25, 0.3) is 5.56 Å². The predicted molar refractivity (Wildman–Crippen MR) is 82.6 cm³/mol. The molecule has 1 unspecified atom stereocenters.